The van der Waals surface area contributed by atoms with Crippen molar-refractivity contribution in [1.29, 1.82) is 0 Å². The molecule has 1 amide bonds. The maximum atomic E-state index is 13.6. The zero-order valence-corrected chi connectivity index (χ0v) is 20.0. The number of carbonyl (C=O) groups is 2. The van der Waals surface area contributed by atoms with E-state index in [0.717, 1.165) is 35.5 Å². The number of ether oxygens (including phenoxy) is 2. The van der Waals surface area contributed by atoms with E-state index in [-0.39, 0.29) is 17.1 Å². The van der Waals surface area contributed by atoms with Gasteiger partial charge in [-0.15, -0.1) is 0 Å². The van der Waals surface area contributed by atoms with Gasteiger partial charge < -0.3 is 14.8 Å². The van der Waals surface area contributed by atoms with Crippen LogP contribution >= 0.6 is 0 Å². The van der Waals surface area contributed by atoms with Crippen molar-refractivity contribution in [3.8, 4) is 11.5 Å². The van der Waals surface area contributed by atoms with Crippen LogP contribution in [0.3, 0.4) is 0 Å². The van der Waals surface area contributed by atoms with Gasteiger partial charge in [0.15, 0.2) is 17.3 Å². The van der Waals surface area contributed by atoms with E-state index in [1.807, 2.05) is 49.4 Å². The van der Waals surface area contributed by atoms with Gasteiger partial charge in [-0.3, -0.25) is 14.5 Å². The number of para-hydroxylation sites is 2. The molecule has 1 aliphatic heterocycles. The number of methoxy groups -OCH3 is 1. The molecule has 2 aromatic carbocycles. The second-order valence-corrected chi connectivity index (χ2v) is 9.53. The molecular weight excluding hydrogens is 416 g/mol. The lowest BCUT2D eigenvalue weighted by atomic mass is 9.73. The highest BCUT2D eigenvalue weighted by molar-refractivity contribution is 6.05. The fourth-order valence-corrected chi connectivity index (χ4v) is 4.84. The first kappa shape index (κ1) is 22.9. The van der Waals surface area contributed by atoms with Gasteiger partial charge in [-0.05, 0) is 48.1 Å². The van der Waals surface area contributed by atoms with Gasteiger partial charge in [0, 0.05) is 24.6 Å². The molecule has 0 radical (unpaired) electrons. The van der Waals surface area contributed by atoms with Gasteiger partial charge in [-0.1, -0.05) is 39.0 Å². The summed E-state index contributed by atoms with van der Waals surface area (Å²) in [5, 5.41) is 3.51. The van der Waals surface area contributed by atoms with Gasteiger partial charge in [0.25, 0.3) is 0 Å². The minimum Gasteiger partial charge on any atom is -0.493 e. The Morgan fingerprint density at radius 2 is 1.91 bits per heavy atom. The zero-order chi connectivity index (χ0) is 23.8. The molecule has 1 N–H and O–H groups in total. The summed E-state index contributed by atoms with van der Waals surface area (Å²) in [6.45, 7) is 8.38. The Labute approximate surface area is 195 Å². The van der Waals surface area contributed by atoms with Crippen LogP contribution in [0.5, 0.6) is 11.5 Å². The number of carbonyl (C=O) groups excluding carboxylic acids is 2. The maximum absolute atomic E-state index is 13.6. The molecule has 1 aliphatic carbocycles. The predicted molar refractivity (Wildman–Crippen MR) is 130 cm³/mol. The highest BCUT2D eigenvalue weighted by atomic mass is 16.5. The lowest BCUT2D eigenvalue weighted by molar-refractivity contribution is -0.118. The van der Waals surface area contributed by atoms with Gasteiger partial charge in [0.05, 0.1) is 31.1 Å². The monoisotopic (exact) mass is 448 g/mol. The van der Waals surface area contributed by atoms with E-state index in [1.165, 1.54) is 0 Å². The SMILES string of the molecule is CCCOc1ccc([C@H]2C3=C(CC(C)(C)CC3=O)Nc3ccccc3N2C(C)=O)cc1OC. The molecule has 6 nitrogen and oxygen atoms in total. The second-order valence-electron chi connectivity index (χ2n) is 9.53. The quantitative estimate of drug-likeness (QED) is 0.640. The number of rotatable bonds is 5. The van der Waals surface area contributed by atoms with Crippen LogP contribution in [-0.2, 0) is 9.59 Å². The summed E-state index contributed by atoms with van der Waals surface area (Å²) in [7, 11) is 1.60. The maximum Gasteiger partial charge on any atom is 0.224 e. The van der Waals surface area contributed by atoms with E-state index < -0.39 is 6.04 Å². The average Bonchev–Trinajstić information content (AvgIpc) is 2.91. The van der Waals surface area contributed by atoms with Crippen molar-refractivity contribution in [3.63, 3.8) is 0 Å². The highest BCUT2D eigenvalue weighted by Crippen LogP contribution is 2.49. The summed E-state index contributed by atoms with van der Waals surface area (Å²) in [5.74, 6) is 1.16. The summed E-state index contributed by atoms with van der Waals surface area (Å²) in [4.78, 5) is 28.4. The summed E-state index contributed by atoms with van der Waals surface area (Å²) in [5.41, 5.74) is 3.74. The second kappa shape index (κ2) is 8.93. The molecule has 33 heavy (non-hydrogen) atoms. The van der Waals surface area contributed by atoms with Gasteiger partial charge >= 0.3 is 0 Å². The standard InChI is InChI=1S/C27H32N2O4/c1-6-13-33-23-12-11-18(14-24(23)32-5)26-25-20(15-27(3,4)16-22(25)31)28-19-9-7-8-10-21(19)29(26)17(2)30/h7-12,14,26,28H,6,13,15-16H2,1-5H3/t26-/m0/s1. The Hall–Kier alpha value is -3.28. The molecule has 0 bridgehead atoms. The Morgan fingerprint density at radius 1 is 1.15 bits per heavy atom. The highest BCUT2D eigenvalue weighted by Gasteiger charge is 2.42. The number of amides is 1. The van der Waals surface area contributed by atoms with Crippen LogP contribution in [0.2, 0.25) is 0 Å². The Kier molecular flexibility index (Phi) is 6.19. The minimum absolute atomic E-state index is 0.0584. The molecule has 2 aliphatic rings. The molecule has 0 saturated heterocycles. The van der Waals surface area contributed by atoms with Crippen molar-refractivity contribution < 1.29 is 19.1 Å². The number of nitrogens with zero attached hydrogens (tertiary/aromatic N) is 1. The normalized spacial score (nSPS) is 19.2. The minimum atomic E-state index is -0.564. The van der Waals surface area contributed by atoms with Gasteiger partial charge in [0.2, 0.25) is 5.91 Å². The fourth-order valence-electron chi connectivity index (χ4n) is 4.84. The van der Waals surface area contributed by atoms with E-state index >= 15 is 0 Å². The summed E-state index contributed by atoms with van der Waals surface area (Å²) in [6, 6.07) is 12.8. The van der Waals surface area contributed by atoms with E-state index in [1.54, 1.807) is 18.9 Å². The van der Waals surface area contributed by atoms with Crippen molar-refractivity contribution in [1.82, 2.24) is 0 Å². The number of benzene rings is 2. The topological polar surface area (TPSA) is 67.9 Å². The molecule has 0 aromatic heterocycles. The third-order valence-electron chi connectivity index (χ3n) is 6.21. The fraction of sp³-hybridized carbons (Fsp3) is 0.407. The number of nitrogens with one attached hydrogen (secondary N) is 1. The largest absolute Gasteiger partial charge is 0.493 e. The Bertz CT molecular complexity index is 1120. The summed E-state index contributed by atoms with van der Waals surface area (Å²) < 4.78 is 11.5. The number of allylic oxidation sites excluding steroid dienone is 1. The van der Waals surface area contributed by atoms with E-state index in [9.17, 15) is 9.59 Å². The number of Topliss-reactive ketones (excluding diaryl/α,β-unsaturated/α-hetero) is 1. The molecule has 1 atom stereocenters. The molecular formula is C27H32N2O4. The lowest BCUT2D eigenvalue weighted by Crippen LogP contribution is -2.38. The van der Waals surface area contributed by atoms with Gasteiger partial charge in [-0.25, -0.2) is 0 Å². The van der Waals surface area contributed by atoms with Crippen molar-refractivity contribution in [2.75, 3.05) is 23.9 Å². The number of anilines is 2. The molecule has 1 heterocycles. The molecule has 2 aromatic rings. The predicted octanol–water partition coefficient (Wildman–Crippen LogP) is 5.65. The van der Waals surface area contributed by atoms with Gasteiger partial charge in [-0.2, -0.15) is 0 Å². The summed E-state index contributed by atoms with van der Waals surface area (Å²) >= 11 is 0. The van der Waals surface area contributed by atoms with Crippen molar-refractivity contribution in [3.05, 3.63) is 59.3 Å². The van der Waals surface area contributed by atoms with E-state index in [4.69, 9.17) is 9.47 Å². The molecule has 0 saturated carbocycles. The third kappa shape index (κ3) is 4.34. The number of ketones is 1. The molecule has 174 valence electrons. The molecule has 6 heteroatoms. The van der Waals surface area contributed by atoms with Crippen LogP contribution in [0.4, 0.5) is 11.4 Å². The van der Waals surface area contributed by atoms with E-state index in [0.29, 0.717) is 30.1 Å². The Balaban J connectivity index is 1.94. The third-order valence-corrected chi connectivity index (χ3v) is 6.21. The summed E-state index contributed by atoms with van der Waals surface area (Å²) in [6.07, 6.45) is 2.04. The van der Waals surface area contributed by atoms with Crippen LogP contribution in [0.25, 0.3) is 0 Å². The smallest absolute Gasteiger partial charge is 0.224 e. The molecule has 0 fully saturated rings. The average molecular weight is 449 g/mol. The van der Waals surface area contributed by atoms with Crippen LogP contribution in [0.15, 0.2) is 53.7 Å². The molecule has 0 unspecified atom stereocenters. The van der Waals surface area contributed by atoms with Crippen molar-refractivity contribution in [2.45, 2.75) is 53.0 Å². The van der Waals surface area contributed by atoms with Gasteiger partial charge in [0.1, 0.15) is 0 Å². The lowest BCUT2D eigenvalue weighted by Gasteiger charge is -2.37. The first-order valence-corrected chi connectivity index (χ1v) is 11.5. The number of fused-ring (bicyclic) bond motifs is 1. The van der Waals surface area contributed by atoms with Crippen molar-refractivity contribution in [2.24, 2.45) is 5.41 Å². The van der Waals surface area contributed by atoms with Crippen LogP contribution in [0, 0.1) is 5.41 Å². The zero-order valence-electron chi connectivity index (χ0n) is 20.0. The molecule has 4 rings (SSSR count). The number of hydrogen-bond donors (Lipinski definition) is 1. The number of hydrogen-bond acceptors (Lipinski definition) is 5. The van der Waals surface area contributed by atoms with E-state index in [2.05, 4.69) is 19.2 Å². The van der Waals surface area contributed by atoms with Crippen LogP contribution < -0.4 is 19.7 Å². The van der Waals surface area contributed by atoms with Crippen LogP contribution in [-0.4, -0.2) is 25.4 Å². The first-order valence-electron chi connectivity index (χ1n) is 11.5. The van der Waals surface area contributed by atoms with Crippen molar-refractivity contribution >= 4 is 23.1 Å². The molecule has 0 spiro atoms. The Morgan fingerprint density at radius 3 is 2.61 bits per heavy atom. The van der Waals surface area contributed by atoms with Crippen LogP contribution in [0.1, 0.15) is 58.6 Å². The first-order chi connectivity index (χ1) is 15.8.